The average Bonchev–Trinajstić information content (AvgIpc) is 2.96. The van der Waals surface area contributed by atoms with Gasteiger partial charge in [-0.05, 0) is 38.6 Å². The molecule has 3 N–H and O–H groups in total. The van der Waals surface area contributed by atoms with Crippen LogP contribution in [0.5, 0.6) is 0 Å². The lowest BCUT2D eigenvalue weighted by Gasteiger charge is -2.35. The van der Waals surface area contributed by atoms with Crippen molar-refractivity contribution < 1.29 is 14.7 Å². The number of hydrogen-bond donors (Lipinski definition) is 3. The van der Waals surface area contributed by atoms with Crippen molar-refractivity contribution >= 4 is 11.9 Å². The summed E-state index contributed by atoms with van der Waals surface area (Å²) in [6, 6.07) is 0. The Morgan fingerprint density at radius 1 is 1.14 bits per heavy atom. The molecule has 0 bridgehead atoms. The van der Waals surface area contributed by atoms with Crippen molar-refractivity contribution in [1.29, 1.82) is 0 Å². The Labute approximate surface area is 126 Å². The average molecular weight is 296 g/mol. The molecule has 1 atom stereocenters. The highest BCUT2D eigenvalue weighted by atomic mass is 16.4. The zero-order valence-corrected chi connectivity index (χ0v) is 13.0. The molecule has 5 heteroatoms. The second-order valence-corrected chi connectivity index (χ2v) is 6.69. The summed E-state index contributed by atoms with van der Waals surface area (Å²) in [5, 5.41) is 15.9. The van der Waals surface area contributed by atoms with E-state index < -0.39 is 16.9 Å². The third-order valence-corrected chi connectivity index (χ3v) is 5.21. The van der Waals surface area contributed by atoms with Crippen molar-refractivity contribution in [2.45, 2.75) is 70.3 Å². The summed E-state index contributed by atoms with van der Waals surface area (Å²) in [6.45, 7) is 3.22. The minimum absolute atomic E-state index is 0.00644. The first-order chi connectivity index (χ1) is 10.0. The maximum atomic E-state index is 12.6. The van der Waals surface area contributed by atoms with Gasteiger partial charge in [-0.15, -0.1) is 0 Å². The van der Waals surface area contributed by atoms with Gasteiger partial charge < -0.3 is 15.7 Å². The van der Waals surface area contributed by atoms with Crippen LogP contribution >= 0.6 is 0 Å². The zero-order valence-electron chi connectivity index (χ0n) is 13.0. The summed E-state index contributed by atoms with van der Waals surface area (Å²) in [4.78, 5) is 24.2. The molecular weight excluding hydrogens is 268 g/mol. The van der Waals surface area contributed by atoms with Crippen molar-refractivity contribution in [2.75, 3.05) is 13.1 Å². The van der Waals surface area contributed by atoms with E-state index in [0.717, 1.165) is 51.5 Å². The van der Waals surface area contributed by atoms with Gasteiger partial charge in [-0.2, -0.15) is 0 Å². The summed E-state index contributed by atoms with van der Waals surface area (Å²) in [7, 11) is 0. The Hall–Kier alpha value is -1.10. The first-order valence-electron chi connectivity index (χ1n) is 8.31. The highest BCUT2D eigenvalue weighted by Gasteiger charge is 2.43. The van der Waals surface area contributed by atoms with Crippen molar-refractivity contribution in [3.05, 3.63) is 0 Å². The molecule has 1 aliphatic carbocycles. The monoisotopic (exact) mass is 296 g/mol. The quantitative estimate of drug-likeness (QED) is 0.701. The number of nitrogens with one attached hydrogen (secondary N) is 2. The van der Waals surface area contributed by atoms with E-state index in [-0.39, 0.29) is 12.5 Å². The van der Waals surface area contributed by atoms with Gasteiger partial charge in [0.1, 0.15) is 0 Å². The molecule has 2 fully saturated rings. The Morgan fingerprint density at radius 3 is 2.38 bits per heavy atom. The van der Waals surface area contributed by atoms with Crippen LogP contribution in [0.15, 0.2) is 0 Å². The predicted molar refractivity (Wildman–Crippen MR) is 81.0 cm³/mol. The van der Waals surface area contributed by atoms with Crippen LogP contribution in [0, 0.1) is 5.41 Å². The van der Waals surface area contributed by atoms with E-state index in [2.05, 4.69) is 17.6 Å². The molecule has 5 nitrogen and oxygen atoms in total. The van der Waals surface area contributed by atoms with E-state index >= 15 is 0 Å². The van der Waals surface area contributed by atoms with E-state index in [1.54, 1.807) is 0 Å². The second kappa shape index (κ2) is 6.77. The summed E-state index contributed by atoms with van der Waals surface area (Å²) in [5.74, 6) is -0.764. The van der Waals surface area contributed by atoms with E-state index in [4.69, 9.17) is 0 Å². The summed E-state index contributed by atoms with van der Waals surface area (Å²) < 4.78 is 0. The molecular formula is C16H28N2O3. The summed E-state index contributed by atoms with van der Waals surface area (Å²) in [6.07, 6.45) is 7.98. The molecule has 120 valence electrons. The highest BCUT2D eigenvalue weighted by molar-refractivity contribution is 5.87. The molecule has 1 aliphatic heterocycles. The van der Waals surface area contributed by atoms with Crippen LogP contribution in [0.25, 0.3) is 0 Å². The van der Waals surface area contributed by atoms with Crippen molar-refractivity contribution in [3.8, 4) is 0 Å². The van der Waals surface area contributed by atoms with Crippen LogP contribution in [0.4, 0.5) is 0 Å². The van der Waals surface area contributed by atoms with E-state index in [9.17, 15) is 14.7 Å². The number of hydrogen-bond acceptors (Lipinski definition) is 3. The lowest BCUT2D eigenvalue weighted by atomic mass is 9.74. The lowest BCUT2D eigenvalue weighted by molar-refractivity contribution is -0.151. The van der Waals surface area contributed by atoms with Gasteiger partial charge in [-0.25, -0.2) is 0 Å². The molecule has 2 rings (SSSR count). The number of aliphatic carboxylic acids is 1. The second-order valence-electron chi connectivity index (χ2n) is 6.69. The smallest absolute Gasteiger partial charge is 0.311 e. The molecule has 1 saturated heterocycles. The van der Waals surface area contributed by atoms with Gasteiger partial charge in [-0.3, -0.25) is 9.59 Å². The lowest BCUT2D eigenvalue weighted by Crippen LogP contribution is -2.56. The van der Waals surface area contributed by atoms with Gasteiger partial charge in [0.2, 0.25) is 5.91 Å². The molecule has 0 aromatic rings. The number of carbonyl (C=O) groups excluding carboxylic acids is 1. The van der Waals surface area contributed by atoms with Crippen molar-refractivity contribution in [2.24, 2.45) is 5.41 Å². The van der Waals surface area contributed by atoms with Gasteiger partial charge in [0, 0.05) is 6.54 Å². The van der Waals surface area contributed by atoms with Gasteiger partial charge in [-0.1, -0.05) is 32.6 Å². The maximum Gasteiger partial charge on any atom is 0.311 e. The predicted octanol–water partition coefficient (Wildman–Crippen LogP) is 2.06. The van der Waals surface area contributed by atoms with Crippen molar-refractivity contribution in [3.63, 3.8) is 0 Å². The minimum atomic E-state index is -0.758. The number of carbonyl (C=O) groups is 2. The third-order valence-electron chi connectivity index (χ3n) is 5.21. The topological polar surface area (TPSA) is 78.4 Å². The molecule has 1 heterocycles. The Kier molecular flexibility index (Phi) is 5.25. The van der Waals surface area contributed by atoms with E-state index in [1.807, 2.05) is 0 Å². The van der Waals surface area contributed by atoms with E-state index in [1.165, 1.54) is 0 Å². The van der Waals surface area contributed by atoms with E-state index in [0.29, 0.717) is 12.8 Å². The first kappa shape index (κ1) is 16.3. The van der Waals surface area contributed by atoms with Crippen LogP contribution in [-0.4, -0.2) is 35.6 Å². The SMILES string of the molecule is CCCC1(C(=O)NCC2(C(=O)O)CCCCC2)CCCN1. The normalized spacial score (nSPS) is 28.2. The summed E-state index contributed by atoms with van der Waals surface area (Å²) >= 11 is 0. The Morgan fingerprint density at radius 2 is 1.86 bits per heavy atom. The number of carboxylic acids is 1. The minimum Gasteiger partial charge on any atom is -0.481 e. The molecule has 2 aliphatic rings. The maximum absolute atomic E-state index is 12.6. The Bertz CT molecular complexity index is 383. The molecule has 1 unspecified atom stereocenters. The molecule has 21 heavy (non-hydrogen) atoms. The summed E-state index contributed by atoms with van der Waals surface area (Å²) in [5.41, 5.74) is -1.22. The molecule has 1 saturated carbocycles. The number of rotatable bonds is 6. The highest BCUT2D eigenvalue weighted by Crippen LogP contribution is 2.36. The van der Waals surface area contributed by atoms with Crippen LogP contribution in [0.1, 0.15) is 64.7 Å². The van der Waals surface area contributed by atoms with Crippen LogP contribution in [0.2, 0.25) is 0 Å². The molecule has 0 aromatic heterocycles. The molecule has 0 spiro atoms. The fourth-order valence-corrected chi connectivity index (χ4v) is 3.87. The number of amides is 1. The molecule has 0 aromatic carbocycles. The third kappa shape index (κ3) is 3.39. The van der Waals surface area contributed by atoms with Crippen LogP contribution < -0.4 is 10.6 Å². The fourth-order valence-electron chi connectivity index (χ4n) is 3.87. The van der Waals surface area contributed by atoms with Gasteiger partial charge >= 0.3 is 5.97 Å². The largest absolute Gasteiger partial charge is 0.481 e. The Balaban J connectivity index is 1.99. The standard InChI is InChI=1S/C16H28N2O3/c1-2-7-16(10-6-11-18-16)13(19)17-12-15(14(20)21)8-4-3-5-9-15/h18H,2-12H2,1H3,(H,17,19)(H,20,21). The fraction of sp³-hybridized carbons (Fsp3) is 0.875. The van der Waals surface area contributed by atoms with Gasteiger partial charge in [0.15, 0.2) is 0 Å². The first-order valence-corrected chi connectivity index (χ1v) is 8.31. The zero-order chi connectivity index (χ0) is 15.3. The van der Waals surface area contributed by atoms with Gasteiger partial charge in [0.25, 0.3) is 0 Å². The van der Waals surface area contributed by atoms with Crippen molar-refractivity contribution in [1.82, 2.24) is 10.6 Å². The van der Waals surface area contributed by atoms with Gasteiger partial charge in [0.05, 0.1) is 11.0 Å². The van der Waals surface area contributed by atoms with Crippen LogP contribution in [-0.2, 0) is 9.59 Å². The molecule has 1 amide bonds. The molecule has 0 radical (unpaired) electrons. The van der Waals surface area contributed by atoms with Crippen LogP contribution in [0.3, 0.4) is 0 Å². The number of carboxylic acid groups (broad SMARTS) is 1.